The molecule has 0 radical (unpaired) electrons. The molecule has 4 heterocycles. The monoisotopic (exact) mass is 774 g/mol. The van der Waals surface area contributed by atoms with Crippen molar-refractivity contribution in [1.29, 1.82) is 0 Å². The van der Waals surface area contributed by atoms with E-state index in [9.17, 15) is 24.3 Å². The summed E-state index contributed by atoms with van der Waals surface area (Å²) in [6.07, 6.45) is 6.41. The van der Waals surface area contributed by atoms with Gasteiger partial charge in [-0.3, -0.25) is 29.0 Å². The molecule has 2 aliphatic carbocycles. The Bertz CT molecular complexity index is 2110. The Kier molecular flexibility index (Phi) is 9.73. The van der Waals surface area contributed by atoms with Crippen molar-refractivity contribution in [3.63, 3.8) is 0 Å². The van der Waals surface area contributed by atoms with Gasteiger partial charge in [-0.25, -0.2) is 0 Å². The summed E-state index contributed by atoms with van der Waals surface area (Å²) in [6.45, 7) is 5.62. The van der Waals surface area contributed by atoms with Crippen LogP contribution < -0.4 is 29.1 Å². The van der Waals surface area contributed by atoms with Gasteiger partial charge < -0.3 is 33.9 Å². The highest BCUT2D eigenvalue weighted by atomic mass is 16.5. The topological polar surface area (TPSA) is 138 Å². The third-order valence-electron chi connectivity index (χ3n) is 12.7. The minimum atomic E-state index is -0.719. The van der Waals surface area contributed by atoms with E-state index in [0.717, 1.165) is 43.1 Å². The molecule has 3 aromatic rings. The first kappa shape index (κ1) is 36.9. The molecular formula is C44H46N4O9. The lowest BCUT2D eigenvalue weighted by atomic mass is 9.58. The minimum absolute atomic E-state index is 0.132. The van der Waals surface area contributed by atoms with Crippen LogP contribution in [-0.2, 0) is 28.7 Å². The number of nitrogens with zero attached hydrogens (tertiary/aromatic N) is 4. The molecule has 6 aliphatic rings. The summed E-state index contributed by atoms with van der Waals surface area (Å²) >= 11 is 0. The van der Waals surface area contributed by atoms with Gasteiger partial charge in [0.1, 0.15) is 0 Å². The highest BCUT2D eigenvalue weighted by Gasteiger charge is 2.61. The summed E-state index contributed by atoms with van der Waals surface area (Å²) in [5, 5.41) is 10.6. The van der Waals surface area contributed by atoms with Crippen LogP contribution in [0.5, 0.6) is 17.2 Å². The molecule has 1 saturated carbocycles. The van der Waals surface area contributed by atoms with Crippen LogP contribution in [0.25, 0.3) is 6.08 Å². The molecule has 6 atom stereocenters. The van der Waals surface area contributed by atoms with Gasteiger partial charge in [0.2, 0.25) is 29.4 Å². The van der Waals surface area contributed by atoms with Crippen molar-refractivity contribution in [2.45, 2.75) is 12.8 Å². The number of benzene rings is 3. The molecule has 13 nitrogen and oxygen atoms in total. The Labute approximate surface area is 331 Å². The van der Waals surface area contributed by atoms with Crippen molar-refractivity contribution >= 4 is 52.5 Å². The van der Waals surface area contributed by atoms with Crippen LogP contribution in [0.15, 0.2) is 78.4 Å². The molecule has 5 fully saturated rings. The molecule has 1 N–H and O–H groups in total. The summed E-state index contributed by atoms with van der Waals surface area (Å²) < 4.78 is 21.8. The van der Waals surface area contributed by atoms with Crippen molar-refractivity contribution in [3.05, 3.63) is 84.0 Å². The standard InChI is InChI=1S/C44H46N4O9/c1-54-36-23-26(24-37(55-2)40(36)49)3-12-32-31-13-14-33-39(44(53)47(41(33)50)29-8-4-27(5-9-29)45-15-19-56-20-16-45)34(31)25-35-38(32)43(52)48(42(35)51)30-10-6-28(7-11-30)46-17-21-57-22-18-46/h3-13,23-24,32-35,38-39,49H,14-22,25H2,1-2H3. The summed E-state index contributed by atoms with van der Waals surface area (Å²) in [5.74, 6) is -4.45. The maximum Gasteiger partial charge on any atom is 0.238 e. The number of methoxy groups -OCH3 is 2. The third kappa shape index (κ3) is 6.33. The average Bonchev–Trinajstić information content (AvgIpc) is 3.66. The van der Waals surface area contributed by atoms with Crippen LogP contribution >= 0.6 is 0 Å². The van der Waals surface area contributed by atoms with Crippen LogP contribution in [0.1, 0.15) is 18.4 Å². The zero-order chi connectivity index (χ0) is 39.4. The van der Waals surface area contributed by atoms with Crippen molar-refractivity contribution < 1.29 is 43.2 Å². The van der Waals surface area contributed by atoms with Crippen LogP contribution in [0, 0.1) is 35.5 Å². The van der Waals surface area contributed by atoms with Gasteiger partial charge in [-0.1, -0.05) is 23.8 Å². The fourth-order valence-electron chi connectivity index (χ4n) is 9.85. The van der Waals surface area contributed by atoms with Gasteiger partial charge in [-0.2, -0.15) is 0 Å². The Balaban J connectivity index is 1.05. The van der Waals surface area contributed by atoms with Crippen molar-refractivity contribution in [2.75, 3.05) is 86.4 Å². The predicted molar refractivity (Wildman–Crippen MR) is 212 cm³/mol. The number of phenolic OH excluding ortho intramolecular Hbond substituents is 1. The molecular weight excluding hydrogens is 729 g/mol. The number of imide groups is 2. The lowest BCUT2D eigenvalue weighted by Gasteiger charge is -2.42. The van der Waals surface area contributed by atoms with Crippen LogP contribution in [0.4, 0.5) is 22.7 Å². The van der Waals surface area contributed by atoms with Gasteiger partial charge in [0, 0.05) is 43.5 Å². The third-order valence-corrected chi connectivity index (χ3v) is 12.7. The predicted octanol–water partition coefficient (Wildman–Crippen LogP) is 4.67. The van der Waals surface area contributed by atoms with Crippen LogP contribution in [0.3, 0.4) is 0 Å². The van der Waals surface area contributed by atoms with Crippen molar-refractivity contribution in [3.8, 4) is 17.2 Å². The van der Waals surface area contributed by atoms with E-state index in [1.807, 2.05) is 66.8 Å². The number of hydrogen-bond donors (Lipinski definition) is 1. The minimum Gasteiger partial charge on any atom is -0.502 e. The number of allylic oxidation sites excluding steroid dienone is 3. The Hall–Kier alpha value is -5.66. The SMILES string of the molecule is COc1cc(C=CC2C3=CCC4C(=O)N(c5ccc(N6CCOCC6)cc5)C(=O)C4C3CC3C(=O)N(c4ccc(N5CCOCC5)cc4)C(=O)C23)cc(OC)c1O. The maximum atomic E-state index is 14.6. The van der Waals surface area contributed by atoms with Gasteiger partial charge in [0.15, 0.2) is 11.5 Å². The average molecular weight is 775 g/mol. The number of ether oxygens (including phenoxy) is 4. The summed E-state index contributed by atoms with van der Waals surface area (Å²) in [6, 6.07) is 18.4. The second kappa shape index (κ2) is 15.0. The Morgan fingerprint density at radius 2 is 1.11 bits per heavy atom. The molecule has 296 valence electrons. The Morgan fingerprint density at radius 3 is 1.61 bits per heavy atom. The number of aromatic hydroxyl groups is 1. The molecule has 0 spiro atoms. The number of hydrogen-bond acceptors (Lipinski definition) is 11. The normalized spacial score (nSPS) is 27.4. The first-order valence-electron chi connectivity index (χ1n) is 19.7. The van der Waals surface area contributed by atoms with E-state index in [4.69, 9.17) is 18.9 Å². The molecule has 0 bridgehead atoms. The Morgan fingerprint density at radius 1 is 0.632 bits per heavy atom. The number of anilines is 4. The van der Waals surface area contributed by atoms with Gasteiger partial charge in [0.05, 0.1) is 75.7 Å². The van der Waals surface area contributed by atoms with Crippen LogP contribution in [-0.4, -0.2) is 95.6 Å². The fraction of sp³-hybridized carbons (Fsp3) is 0.409. The molecule has 9 rings (SSSR count). The first-order chi connectivity index (χ1) is 27.8. The number of carbonyl (C=O) groups is 4. The van der Waals surface area contributed by atoms with Gasteiger partial charge in [-0.15, -0.1) is 0 Å². The second-order valence-electron chi connectivity index (χ2n) is 15.5. The highest BCUT2D eigenvalue weighted by molar-refractivity contribution is 6.24. The van der Waals surface area contributed by atoms with E-state index < -0.39 is 35.5 Å². The molecule has 13 heteroatoms. The largest absolute Gasteiger partial charge is 0.502 e. The maximum absolute atomic E-state index is 14.6. The number of phenols is 1. The number of carbonyl (C=O) groups excluding carboxylic acids is 4. The van der Waals surface area contributed by atoms with E-state index in [0.29, 0.717) is 49.8 Å². The van der Waals surface area contributed by atoms with E-state index in [1.165, 1.54) is 24.0 Å². The summed E-state index contributed by atoms with van der Waals surface area (Å²) in [4.78, 5) is 64.9. The summed E-state index contributed by atoms with van der Waals surface area (Å²) in [5.41, 5.74) is 4.57. The number of morpholine rings is 2. The lowest BCUT2D eigenvalue weighted by molar-refractivity contribution is -0.126. The molecule has 3 aromatic carbocycles. The van der Waals surface area contributed by atoms with Crippen LogP contribution in [0.2, 0.25) is 0 Å². The highest BCUT2D eigenvalue weighted by Crippen LogP contribution is 2.56. The molecule has 0 aromatic heterocycles. The molecule has 57 heavy (non-hydrogen) atoms. The van der Waals surface area contributed by atoms with Crippen molar-refractivity contribution in [2.24, 2.45) is 35.5 Å². The molecule has 4 amide bonds. The van der Waals surface area contributed by atoms with Gasteiger partial charge in [0.25, 0.3) is 0 Å². The molecule has 6 unspecified atom stereocenters. The van der Waals surface area contributed by atoms with Gasteiger partial charge in [-0.05, 0) is 85.0 Å². The quantitative estimate of drug-likeness (QED) is 0.253. The summed E-state index contributed by atoms with van der Waals surface area (Å²) in [7, 11) is 2.91. The lowest BCUT2D eigenvalue weighted by Crippen LogP contribution is -2.43. The number of rotatable bonds is 8. The fourth-order valence-corrected chi connectivity index (χ4v) is 9.85. The van der Waals surface area contributed by atoms with Gasteiger partial charge >= 0.3 is 0 Å². The zero-order valence-corrected chi connectivity index (χ0v) is 32.0. The first-order valence-corrected chi connectivity index (χ1v) is 19.7. The number of amides is 4. The zero-order valence-electron chi connectivity index (χ0n) is 32.0. The number of fused-ring (bicyclic) bond motifs is 4. The molecule has 4 aliphatic heterocycles. The van der Waals surface area contributed by atoms with E-state index >= 15 is 0 Å². The van der Waals surface area contributed by atoms with Crippen molar-refractivity contribution in [1.82, 2.24) is 0 Å². The van der Waals surface area contributed by atoms with E-state index in [2.05, 4.69) is 9.80 Å². The molecule has 4 saturated heterocycles. The van der Waals surface area contributed by atoms with E-state index in [1.54, 1.807) is 12.1 Å². The smallest absolute Gasteiger partial charge is 0.238 e. The second-order valence-corrected chi connectivity index (χ2v) is 15.5. The van der Waals surface area contributed by atoms with E-state index in [-0.39, 0.29) is 47.3 Å².